The lowest BCUT2D eigenvalue weighted by atomic mass is 10.1. The van der Waals surface area contributed by atoms with E-state index in [-0.39, 0.29) is 11.3 Å². The zero-order valence-electron chi connectivity index (χ0n) is 8.92. The molecule has 0 bridgehead atoms. The molecule has 0 radical (unpaired) electrons. The Balaban J connectivity index is 2.50. The van der Waals surface area contributed by atoms with E-state index >= 15 is 0 Å². The number of hydrogen-bond donors (Lipinski definition) is 1. The molecule has 0 saturated carbocycles. The van der Waals surface area contributed by atoms with E-state index in [1.807, 2.05) is 0 Å². The van der Waals surface area contributed by atoms with Crippen molar-refractivity contribution in [2.24, 2.45) is 7.05 Å². The molecule has 17 heavy (non-hydrogen) atoms. The lowest BCUT2D eigenvalue weighted by molar-refractivity contribution is -0.385. The van der Waals surface area contributed by atoms with Crippen molar-refractivity contribution in [1.82, 2.24) is 9.78 Å². The first-order chi connectivity index (χ1) is 7.99. The van der Waals surface area contributed by atoms with Crippen LogP contribution in [0.25, 0.3) is 11.3 Å². The van der Waals surface area contributed by atoms with Crippen LogP contribution in [0.2, 0.25) is 0 Å². The average molecular weight is 236 g/mol. The molecule has 2 N–H and O–H groups in total. The monoisotopic (exact) mass is 236 g/mol. The van der Waals surface area contributed by atoms with Crippen LogP contribution in [0.4, 0.5) is 15.9 Å². The van der Waals surface area contributed by atoms with Crippen LogP contribution in [0.3, 0.4) is 0 Å². The van der Waals surface area contributed by atoms with E-state index < -0.39 is 10.7 Å². The van der Waals surface area contributed by atoms with Crippen molar-refractivity contribution in [3.05, 3.63) is 40.2 Å². The number of aromatic nitrogens is 2. The maximum absolute atomic E-state index is 13.6. The summed E-state index contributed by atoms with van der Waals surface area (Å²) in [6, 6.07) is 4.91. The molecule has 0 saturated heterocycles. The zero-order valence-corrected chi connectivity index (χ0v) is 8.92. The molecule has 0 fully saturated rings. The second kappa shape index (κ2) is 3.85. The van der Waals surface area contributed by atoms with Gasteiger partial charge in [0.2, 0.25) is 0 Å². The molecule has 7 heteroatoms. The Labute approximate surface area is 95.6 Å². The van der Waals surface area contributed by atoms with Gasteiger partial charge in [-0.3, -0.25) is 14.8 Å². The standard InChI is InChI=1S/C10H9FN4O2/c1-14-10(12)5-9(13-14)7-3-2-6(15(16)17)4-8(7)11/h2-5H,12H2,1H3. The molecule has 0 amide bonds. The van der Waals surface area contributed by atoms with Crippen LogP contribution < -0.4 is 5.73 Å². The molecule has 6 nitrogen and oxygen atoms in total. The van der Waals surface area contributed by atoms with E-state index in [0.717, 1.165) is 6.07 Å². The number of halogens is 1. The van der Waals surface area contributed by atoms with Gasteiger partial charge in [-0.15, -0.1) is 0 Å². The number of aryl methyl sites for hydroxylation is 1. The summed E-state index contributed by atoms with van der Waals surface area (Å²) in [5.74, 6) is -0.310. The van der Waals surface area contributed by atoms with Gasteiger partial charge in [0.1, 0.15) is 11.6 Å². The number of nitrogens with two attached hydrogens (primary N) is 1. The molecular weight excluding hydrogens is 227 g/mol. The molecule has 1 heterocycles. The lowest BCUT2D eigenvalue weighted by Gasteiger charge is -1.98. The second-order valence-corrected chi connectivity index (χ2v) is 3.50. The average Bonchev–Trinajstić information content (AvgIpc) is 2.58. The maximum atomic E-state index is 13.6. The van der Waals surface area contributed by atoms with Crippen LogP contribution in [0.5, 0.6) is 0 Å². The Morgan fingerprint density at radius 1 is 1.47 bits per heavy atom. The summed E-state index contributed by atoms with van der Waals surface area (Å²) in [4.78, 5) is 9.81. The number of rotatable bonds is 2. The largest absolute Gasteiger partial charge is 0.384 e. The third-order valence-electron chi connectivity index (χ3n) is 2.36. The van der Waals surface area contributed by atoms with Crippen molar-refractivity contribution >= 4 is 11.5 Å². The first-order valence-corrected chi connectivity index (χ1v) is 4.73. The second-order valence-electron chi connectivity index (χ2n) is 3.50. The van der Waals surface area contributed by atoms with Crippen LogP contribution in [0, 0.1) is 15.9 Å². The Kier molecular flexibility index (Phi) is 2.51. The summed E-state index contributed by atoms with van der Waals surface area (Å²) in [6.07, 6.45) is 0. The highest BCUT2D eigenvalue weighted by atomic mass is 19.1. The fourth-order valence-electron chi connectivity index (χ4n) is 1.44. The van der Waals surface area contributed by atoms with E-state index in [9.17, 15) is 14.5 Å². The topological polar surface area (TPSA) is 87.0 Å². The first kappa shape index (κ1) is 11.1. The van der Waals surface area contributed by atoms with Crippen LogP contribution in [-0.4, -0.2) is 14.7 Å². The van der Waals surface area contributed by atoms with E-state index in [0.29, 0.717) is 11.5 Å². The minimum absolute atomic E-state index is 0.183. The Morgan fingerprint density at radius 3 is 2.65 bits per heavy atom. The van der Waals surface area contributed by atoms with Gasteiger partial charge in [0.15, 0.2) is 0 Å². The molecule has 0 spiro atoms. The highest BCUT2D eigenvalue weighted by Gasteiger charge is 2.14. The van der Waals surface area contributed by atoms with E-state index in [1.54, 1.807) is 7.05 Å². The minimum atomic E-state index is -0.697. The molecule has 2 rings (SSSR count). The van der Waals surface area contributed by atoms with Crippen molar-refractivity contribution in [2.75, 3.05) is 5.73 Å². The predicted octanol–water partition coefficient (Wildman–Crippen LogP) is 1.72. The van der Waals surface area contributed by atoms with Gasteiger partial charge in [0.25, 0.3) is 5.69 Å². The summed E-state index contributed by atoms with van der Waals surface area (Å²) >= 11 is 0. The van der Waals surface area contributed by atoms with Gasteiger partial charge in [-0.2, -0.15) is 5.10 Å². The molecule has 88 valence electrons. The van der Waals surface area contributed by atoms with Crippen molar-refractivity contribution in [2.45, 2.75) is 0 Å². The summed E-state index contributed by atoms with van der Waals surface area (Å²) in [5.41, 5.74) is 5.81. The molecule has 0 aliphatic rings. The minimum Gasteiger partial charge on any atom is -0.384 e. The van der Waals surface area contributed by atoms with Crippen molar-refractivity contribution < 1.29 is 9.31 Å². The number of nitro groups is 1. The molecule has 1 aromatic heterocycles. The van der Waals surface area contributed by atoms with Crippen LogP contribution in [0.15, 0.2) is 24.3 Å². The quantitative estimate of drug-likeness (QED) is 0.635. The van der Waals surface area contributed by atoms with E-state index in [2.05, 4.69) is 5.10 Å². The summed E-state index contributed by atoms with van der Waals surface area (Å²) in [5, 5.41) is 14.5. The smallest absolute Gasteiger partial charge is 0.272 e. The highest BCUT2D eigenvalue weighted by molar-refractivity contribution is 5.64. The molecule has 1 aromatic carbocycles. The molecule has 0 aliphatic heterocycles. The van der Waals surface area contributed by atoms with Crippen LogP contribution in [-0.2, 0) is 7.05 Å². The Morgan fingerprint density at radius 2 is 2.18 bits per heavy atom. The number of anilines is 1. The molecule has 0 unspecified atom stereocenters. The number of nitrogens with zero attached hydrogens (tertiary/aromatic N) is 3. The van der Waals surface area contributed by atoms with Crippen LogP contribution in [0.1, 0.15) is 0 Å². The predicted molar refractivity (Wildman–Crippen MR) is 59.7 cm³/mol. The van der Waals surface area contributed by atoms with Gasteiger partial charge in [0, 0.05) is 24.7 Å². The van der Waals surface area contributed by atoms with Gasteiger partial charge in [-0.1, -0.05) is 0 Å². The molecular formula is C10H9FN4O2. The van der Waals surface area contributed by atoms with Gasteiger partial charge >= 0.3 is 0 Å². The fraction of sp³-hybridized carbons (Fsp3) is 0.100. The third kappa shape index (κ3) is 1.94. The van der Waals surface area contributed by atoms with Crippen molar-refractivity contribution in [1.29, 1.82) is 0 Å². The molecule has 2 aromatic rings. The lowest BCUT2D eigenvalue weighted by Crippen LogP contribution is -1.96. The zero-order chi connectivity index (χ0) is 12.6. The number of nitro benzene ring substituents is 1. The molecule has 0 atom stereocenters. The summed E-state index contributed by atoms with van der Waals surface area (Å²) < 4.78 is 15.0. The summed E-state index contributed by atoms with van der Waals surface area (Å²) in [7, 11) is 1.63. The Hall–Kier alpha value is -2.44. The third-order valence-corrected chi connectivity index (χ3v) is 2.36. The van der Waals surface area contributed by atoms with Gasteiger partial charge in [-0.25, -0.2) is 4.39 Å². The highest BCUT2D eigenvalue weighted by Crippen LogP contribution is 2.26. The summed E-state index contributed by atoms with van der Waals surface area (Å²) in [6.45, 7) is 0. The molecule has 0 aliphatic carbocycles. The van der Waals surface area contributed by atoms with Crippen molar-refractivity contribution in [3.8, 4) is 11.3 Å². The van der Waals surface area contributed by atoms with E-state index in [1.165, 1.54) is 22.9 Å². The van der Waals surface area contributed by atoms with E-state index in [4.69, 9.17) is 5.73 Å². The number of nitrogen functional groups attached to an aromatic ring is 1. The number of hydrogen-bond acceptors (Lipinski definition) is 4. The number of benzene rings is 1. The van der Waals surface area contributed by atoms with Gasteiger partial charge in [0.05, 0.1) is 16.7 Å². The first-order valence-electron chi connectivity index (χ1n) is 4.73. The maximum Gasteiger partial charge on any atom is 0.272 e. The van der Waals surface area contributed by atoms with Crippen LogP contribution >= 0.6 is 0 Å². The van der Waals surface area contributed by atoms with Gasteiger partial charge in [-0.05, 0) is 6.07 Å². The fourth-order valence-corrected chi connectivity index (χ4v) is 1.44. The number of non-ortho nitro benzene ring substituents is 1. The normalized spacial score (nSPS) is 10.5. The SMILES string of the molecule is Cn1nc(-c2ccc([N+](=O)[O-])cc2F)cc1N. The Bertz CT molecular complexity index is 574. The van der Waals surface area contributed by atoms with Gasteiger partial charge < -0.3 is 5.73 Å². The van der Waals surface area contributed by atoms with Crippen molar-refractivity contribution in [3.63, 3.8) is 0 Å².